The van der Waals surface area contributed by atoms with E-state index in [4.69, 9.17) is 5.73 Å². The van der Waals surface area contributed by atoms with E-state index in [1.165, 1.54) is 17.5 Å². The first-order valence-electron chi connectivity index (χ1n) is 4.72. The molecule has 0 radical (unpaired) electrons. The summed E-state index contributed by atoms with van der Waals surface area (Å²) >= 11 is 1.20. The molecule has 16 heavy (non-hydrogen) atoms. The lowest BCUT2D eigenvalue weighted by Crippen LogP contribution is -2.15. The summed E-state index contributed by atoms with van der Waals surface area (Å²) in [5.74, 6) is 5.56. The van der Waals surface area contributed by atoms with Crippen molar-refractivity contribution in [3.05, 3.63) is 11.1 Å². The normalized spacial score (nSPS) is 10.6. The van der Waals surface area contributed by atoms with Crippen molar-refractivity contribution in [1.29, 1.82) is 0 Å². The highest BCUT2D eigenvalue weighted by Crippen LogP contribution is 2.18. The molecule has 1 aromatic rings. The van der Waals surface area contributed by atoms with Gasteiger partial charge in [-0.3, -0.25) is 4.72 Å². The smallest absolute Gasteiger partial charge is 0.234 e. The average molecular weight is 259 g/mol. The van der Waals surface area contributed by atoms with Gasteiger partial charge >= 0.3 is 0 Å². The third-order valence-corrected chi connectivity index (χ3v) is 3.94. The van der Waals surface area contributed by atoms with Gasteiger partial charge in [-0.1, -0.05) is 30.1 Å². The fourth-order valence-electron chi connectivity index (χ4n) is 0.970. The number of sulfonamides is 1. The Bertz CT molecular complexity index is 496. The first kappa shape index (κ1) is 13.0. The van der Waals surface area contributed by atoms with Crippen LogP contribution in [-0.4, -0.2) is 25.7 Å². The number of anilines is 1. The molecular formula is C9H13N3O2S2. The number of aromatic nitrogens is 1. The standard InChI is InChI=1S/C9H13N3O2S2/c1-2-6-16(13,14)12-9-11-7-8(15-9)4-3-5-10/h7H,2,5-6,10H2,1H3,(H,11,12). The van der Waals surface area contributed by atoms with E-state index in [1.807, 2.05) is 0 Å². The van der Waals surface area contributed by atoms with Gasteiger partial charge in [-0.2, -0.15) is 0 Å². The van der Waals surface area contributed by atoms with Crippen LogP contribution >= 0.6 is 11.3 Å². The van der Waals surface area contributed by atoms with Crippen LogP contribution in [0.25, 0.3) is 0 Å². The molecule has 0 bridgehead atoms. The zero-order valence-electron chi connectivity index (χ0n) is 8.86. The van der Waals surface area contributed by atoms with Gasteiger partial charge in [0.15, 0.2) is 5.13 Å². The van der Waals surface area contributed by atoms with Crippen molar-refractivity contribution in [2.75, 3.05) is 17.0 Å². The monoisotopic (exact) mass is 259 g/mol. The number of thiazole rings is 1. The molecule has 1 heterocycles. The Morgan fingerprint density at radius 1 is 1.62 bits per heavy atom. The molecule has 7 heteroatoms. The molecule has 3 N–H and O–H groups in total. The zero-order chi connectivity index (χ0) is 12.0. The molecule has 5 nitrogen and oxygen atoms in total. The SMILES string of the molecule is CCCS(=O)(=O)Nc1ncc(C#CCN)s1. The summed E-state index contributed by atoms with van der Waals surface area (Å²) < 4.78 is 25.2. The van der Waals surface area contributed by atoms with Gasteiger partial charge in [0, 0.05) is 0 Å². The first-order chi connectivity index (χ1) is 7.57. The summed E-state index contributed by atoms with van der Waals surface area (Å²) in [6, 6.07) is 0. The van der Waals surface area contributed by atoms with Crippen LogP contribution in [0.4, 0.5) is 5.13 Å². The van der Waals surface area contributed by atoms with E-state index in [0.717, 1.165) is 0 Å². The van der Waals surface area contributed by atoms with Crippen molar-refractivity contribution in [2.45, 2.75) is 13.3 Å². The molecule has 0 aliphatic rings. The molecule has 0 unspecified atom stereocenters. The molecular weight excluding hydrogens is 246 g/mol. The maximum atomic E-state index is 11.4. The topological polar surface area (TPSA) is 85.1 Å². The third-order valence-electron chi connectivity index (χ3n) is 1.54. The predicted octanol–water partition coefficient (Wildman–Crippen LogP) is 0.605. The summed E-state index contributed by atoms with van der Waals surface area (Å²) in [7, 11) is -3.27. The van der Waals surface area contributed by atoms with Crippen molar-refractivity contribution < 1.29 is 8.42 Å². The third kappa shape index (κ3) is 4.18. The minimum Gasteiger partial charge on any atom is -0.320 e. The van der Waals surface area contributed by atoms with E-state index in [-0.39, 0.29) is 12.3 Å². The van der Waals surface area contributed by atoms with Crippen molar-refractivity contribution in [3.63, 3.8) is 0 Å². The molecule has 0 fully saturated rings. The second kappa shape index (κ2) is 5.84. The van der Waals surface area contributed by atoms with E-state index in [1.54, 1.807) is 6.92 Å². The number of rotatable bonds is 4. The second-order valence-electron chi connectivity index (χ2n) is 2.96. The molecule has 0 aromatic carbocycles. The van der Waals surface area contributed by atoms with Crippen molar-refractivity contribution in [2.24, 2.45) is 5.73 Å². The van der Waals surface area contributed by atoms with Gasteiger partial charge in [-0.25, -0.2) is 13.4 Å². The molecule has 0 aliphatic carbocycles. The summed E-state index contributed by atoms with van der Waals surface area (Å²) in [6.07, 6.45) is 2.09. The Kier molecular flexibility index (Phi) is 4.73. The summed E-state index contributed by atoms with van der Waals surface area (Å²) in [5, 5.41) is 0.342. The van der Waals surface area contributed by atoms with Gasteiger partial charge < -0.3 is 5.73 Å². The Labute approximate surface area is 99.1 Å². The molecule has 0 saturated carbocycles. The molecule has 0 spiro atoms. The van der Waals surface area contributed by atoms with Gasteiger partial charge in [0.25, 0.3) is 0 Å². The summed E-state index contributed by atoms with van der Waals surface area (Å²) in [4.78, 5) is 4.62. The molecule has 0 amide bonds. The van der Waals surface area contributed by atoms with Crippen LogP contribution in [0, 0.1) is 11.8 Å². The van der Waals surface area contributed by atoms with Gasteiger partial charge in [0.1, 0.15) is 0 Å². The molecule has 0 saturated heterocycles. The van der Waals surface area contributed by atoms with Crippen LogP contribution in [0.1, 0.15) is 18.2 Å². The first-order valence-corrected chi connectivity index (χ1v) is 7.19. The number of hydrogen-bond acceptors (Lipinski definition) is 5. The minimum atomic E-state index is -3.27. The van der Waals surface area contributed by atoms with E-state index in [2.05, 4.69) is 21.5 Å². The van der Waals surface area contributed by atoms with Gasteiger partial charge in [0.2, 0.25) is 10.0 Å². The van der Waals surface area contributed by atoms with Gasteiger partial charge in [0.05, 0.1) is 23.4 Å². The predicted molar refractivity (Wildman–Crippen MR) is 65.7 cm³/mol. The molecule has 1 rings (SSSR count). The number of nitrogens with zero attached hydrogens (tertiary/aromatic N) is 1. The fourth-order valence-corrected chi connectivity index (χ4v) is 3.02. The van der Waals surface area contributed by atoms with Crippen LogP contribution < -0.4 is 10.5 Å². The van der Waals surface area contributed by atoms with Gasteiger partial charge in [-0.15, -0.1) is 0 Å². The van der Waals surface area contributed by atoms with Crippen molar-refractivity contribution >= 4 is 26.5 Å². The Morgan fingerprint density at radius 3 is 3.00 bits per heavy atom. The summed E-state index contributed by atoms with van der Waals surface area (Å²) in [5.41, 5.74) is 5.22. The lowest BCUT2D eigenvalue weighted by molar-refractivity contribution is 0.600. The highest BCUT2D eigenvalue weighted by atomic mass is 32.2. The van der Waals surface area contributed by atoms with Crippen LogP contribution in [0.5, 0.6) is 0 Å². The van der Waals surface area contributed by atoms with Crippen LogP contribution in [0.3, 0.4) is 0 Å². The minimum absolute atomic E-state index is 0.0936. The Morgan fingerprint density at radius 2 is 2.38 bits per heavy atom. The highest BCUT2D eigenvalue weighted by molar-refractivity contribution is 7.92. The lowest BCUT2D eigenvalue weighted by atomic mass is 10.5. The summed E-state index contributed by atoms with van der Waals surface area (Å²) in [6.45, 7) is 2.08. The lowest BCUT2D eigenvalue weighted by Gasteiger charge is -2.01. The number of hydrogen-bond donors (Lipinski definition) is 2. The largest absolute Gasteiger partial charge is 0.320 e. The van der Waals surface area contributed by atoms with E-state index >= 15 is 0 Å². The number of nitrogens with two attached hydrogens (primary N) is 1. The van der Waals surface area contributed by atoms with Crippen LogP contribution in [0.15, 0.2) is 6.20 Å². The van der Waals surface area contributed by atoms with Crippen LogP contribution in [-0.2, 0) is 10.0 Å². The molecule has 1 aromatic heterocycles. The van der Waals surface area contributed by atoms with E-state index in [9.17, 15) is 8.42 Å². The highest BCUT2D eigenvalue weighted by Gasteiger charge is 2.10. The van der Waals surface area contributed by atoms with Crippen molar-refractivity contribution in [1.82, 2.24) is 4.98 Å². The van der Waals surface area contributed by atoms with Gasteiger partial charge in [-0.05, 0) is 6.42 Å². The maximum absolute atomic E-state index is 11.4. The van der Waals surface area contributed by atoms with E-state index < -0.39 is 10.0 Å². The van der Waals surface area contributed by atoms with E-state index in [0.29, 0.717) is 16.4 Å². The van der Waals surface area contributed by atoms with Crippen molar-refractivity contribution in [3.8, 4) is 11.8 Å². The average Bonchev–Trinajstić information content (AvgIpc) is 2.61. The molecule has 0 aliphatic heterocycles. The quantitative estimate of drug-likeness (QED) is 0.776. The number of nitrogens with one attached hydrogen (secondary N) is 1. The zero-order valence-corrected chi connectivity index (χ0v) is 10.5. The maximum Gasteiger partial charge on any atom is 0.234 e. The van der Waals surface area contributed by atoms with Crippen LogP contribution in [0.2, 0.25) is 0 Å². The fraction of sp³-hybridized carbons (Fsp3) is 0.444. The second-order valence-corrected chi connectivity index (χ2v) is 5.83. The Hall–Kier alpha value is -1.10. The Balaban J connectivity index is 2.72. The molecule has 0 atom stereocenters. The molecule has 88 valence electrons.